The van der Waals surface area contributed by atoms with Gasteiger partial charge >= 0.3 is 0 Å². The van der Waals surface area contributed by atoms with Crippen molar-refractivity contribution in [3.05, 3.63) is 113 Å². The Morgan fingerprint density at radius 3 is 2.55 bits per heavy atom. The number of halogens is 1. The molecule has 33 heavy (non-hydrogen) atoms. The molecule has 0 aliphatic heterocycles. The monoisotopic (exact) mass is 459 g/mol. The summed E-state index contributed by atoms with van der Waals surface area (Å²) < 4.78 is 13.2. The van der Waals surface area contributed by atoms with Gasteiger partial charge in [0.05, 0.1) is 24.6 Å². The average Bonchev–Trinajstić information content (AvgIpc) is 3.39. The molecule has 1 aromatic heterocycles. The Kier molecular flexibility index (Phi) is 7.07. The van der Waals surface area contributed by atoms with Gasteiger partial charge in [0.2, 0.25) is 0 Å². The van der Waals surface area contributed by atoms with Gasteiger partial charge in [-0.3, -0.25) is 4.79 Å². The van der Waals surface area contributed by atoms with Crippen LogP contribution in [0.25, 0.3) is 5.69 Å². The number of ether oxygens (including phenoxy) is 2. The van der Waals surface area contributed by atoms with E-state index in [1.165, 1.54) is 0 Å². The van der Waals surface area contributed by atoms with Crippen LogP contribution in [-0.2, 0) is 6.61 Å². The zero-order chi connectivity index (χ0) is 23.0. The number of methoxy groups -OCH3 is 1. The third kappa shape index (κ3) is 5.42. The van der Waals surface area contributed by atoms with E-state index < -0.39 is 0 Å². The van der Waals surface area contributed by atoms with E-state index in [1.54, 1.807) is 31.5 Å². The van der Waals surface area contributed by atoms with Crippen LogP contribution in [0.1, 0.15) is 21.5 Å². The van der Waals surface area contributed by atoms with E-state index in [0.29, 0.717) is 28.7 Å². The highest BCUT2D eigenvalue weighted by Gasteiger charge is 2.11. The lowest BCUT2D eigenvalue weighted by Crippen LogP contribution is -2.19. The van der Waals surface area contributed by atoms with Crippen molar-refractivity contribution in [1.82, 2.24) is 9.99 Å². The quantitative estimate of drug-likeness (QED) is 0.280. The lowest BCUT2D eigenvalue weighted by molar-refractivity contribution is 0.0955. The van der Waals surface area contributed by atoms with E-state index in [4.69, 9.17) is 21.1 Å². The SMILES string of the molecule is COc1cc(/C=N/NC(=O)c2ccccc2-n2cccc2)ccc1OCc1ccccc1Cl. The summed E-state index contributed by atoms with van der Waals surface area (Å²) in [5.41, 5.74) is 5.51. The molecule has 4 aromatic rings. The van der Waals surface area contributed by atoms with Crippen molar-refractivity contribution in [3.63, 3.8) is 0 Å². The van der Waals surface area contributed by atoms with Crippen LogP contribution >= 0.6 is 11.6 Å². The van der Waals surface area contributed by atoms with Crippen molar-refractivity contribution >= 4 is 23.7 Å². The third-order valence-electron chi connectivity index (χ3n) is 4.94. The molecule has 0 aliphatic rings. The largest absolute Gasteiger partial charge is 0.493 e. The summed E-state index contributed by atoms with van der Waals surface area (Å²) in [6.07, 6.45) is 5.32. The van der Waals surface area contributed by atoms with Crippen molar-refractivity contribution in [3.8, 4) is 17.2 Å². The maximum Gasteiger partial charge on any atom is 0.273 e. The number of para-hydroxylation sites is 1. The highest BCUT2D eigenvalue weighted by atomic mass is 35.5. The maximum absolute atomic E-state index is 12.7. The van der Waals surface area contributed by atoms with Gasteiger partial charge in [0.15, 0.2) is 11.5 Å². The van der Waals surface area contributed by atoms with Crippen molar-refractivity contribution in [2.45, 2.75) is 6.61 Å². The first kappa shape index (κ1) is 22.2. The minimum Gasteiger partial charge on any atom is -0.493 e. The topological polar surface area (TPSA) is 64.8 Å². The normalized spacial score (nSPS) is 10.8. The maximum atomic E-state index is 12.7. The molecule has 166 valence electrons. The van der Waals surface area contributed by atoms with Crippen LogP contribution < -0.4 is 14.9 Å². The number of benzene rings is 3. The fourth-order valence-corrected chi connectivity index (χ4v) is 3.46. The molecule has 0 fully saturated rings. The van der Waals surface area contributed by atoms with E-state index in [1.807, 2.05) is 77.6 Å². The van der Waals surface area contributed by atoms with E-state index in [9.17, 15) is 4.79 Å². The van der Waals surface area contributed by atoms with Crippen LogP contribution in [0.4, 0.5) is 0 Å². The minimum atomic E-state index is -0.304. The average molecular weight is 460 g/mol. The number of hydrogen-bond acceptors (Lipinski definition) is 4. The highest BCUT2D eigenvalue weighted by Crippen LogP contribution is 2.29. The Morgan fingerprint density at radius 1 is 1.00 bits per heavy atom. The van der Waals surface area contributed by atoms with Crippen molar-refractivity contribution in [2.24, 2.45) is 5.10 Å². The Balaban J connectivity index is 1.43. The fraction of sp³-hybridized carbons (Fsp3) is 0.0769. The van der Waals surface area contributed by atoms with Gasteiger partial charge in [-0.25, -0.2) is 5.43 Å². The summed E-state index contributed by atoms with van der Waals surface area (Å²) in [6.45, 7) is 0.320. The second kappa shape index (κ2) is 10.5. The van der Waals surface area contributed by atoms with E-state index >= 15 is 0 Å². The summed E-state index contributed by atoms with van der Waals surface area (Å²) in [4.78, 5) is 12.7. The highest BCUT2D eigenvalue weighted by molar-refractivity contribution is 6.31. The first-order chi connectivity index (χ1) is 16.2. The molecule has 0 bridgehead atoms. The van der Waals surface area contributed by atoms with E-state index in [-0.39, 0.29) is 5.91 Å². The molecule has 7 heteroatoms. The summed E-state index contributed by atoms with van der Waals surface area (Å²) in [7, 11) is 1.57. The van der Waals surface area contributed by atoms with Gasteiger partial charge in [-0.2, -0.15) is 5.10 Å². The third-order valence-corrected chi connectivity index (χ3v) is 5.31. The van der Waals surface area contributed by atoms with Crippen LogP contribution in [0.3, 0.4) is 0 Å². The molecule has 6 nitrogen and oxygen atoms in total. The van der Waals surface area contributed by atoms with Gasteiger partial charge in [-0.15, -0.1) is 0 Å². The lowest BCUT2D eigenvalue weighted by Gasteiger charge is -2.12. The lowest BCUT2D eigenvalue weighted by atomic mass is 10.1. The molecule has 3 aromatic carbocycles. The van der Waals surface area contributed by atoms with Crippen LogP contribution in [-0.4, -0.2) is 23.8 Å². The number of aromatic nitrogens is 1. The summed E-state index contributed by atoms with van der Waals surface area (Å²) in [5, 5.41) is 4.75. The second-order valence-corrected chi connectivity index (χ2v) is 7.50. The summed E-state index contributed by atoms with van der Waals surface area (Å²) in [5.74, 6) is 0.830. The van der Waals surface area contributed by atoms with E-state index in [2.05, 4.69) is 10.5 Å². The van der Waals surface area contributed by atoms with Crippen molar-refractivity contribution < 1.29 is 14.3 Å². The zero-order valence-electron chi connectivity index (χ0n) is 17.9. The minimum absolute atomic E-state index is 0.304. The van der Waals surface area contributed by atoms with Crippen molar-refractivity contribution in [2.75, 3.05) is 7.11 Å². The number of rotatable bonds is 8. The molecule has 1 heterocycles. The van der Waals surface area contributed by atoms with Gasteiger partial charge in [0.1, 0.15) is 6.61 Å². The molecule has 4 rings (SSSR count). The number of nitrogens with zero attached hydrogens (tertiary/aromatic N) is 2. The van der Waals surface area contributed by atoms with Crippen LogP contribution in [0.2, 0.25) is 5.02 Å². The number of nitrogens with one attached hydrogen (secondary N) is 1. The molecule has 1 N–H and O–H groups in total. The van der Waals surface area contributed by atoms with Gasteiger partial charge in [0.25, 0.3) is 5.91 Å². The summed E-state index contributed by atoms with van der Waals surface area (Å²) >= 11 is 6.19. The molecule has 0 radical (unpaired) electrons. The number of carbonyl (C=O) groups excluding carboxylic acids is 1. The molecular weight excluding hydrogens is 438 g/mol. The molecule has 0 saturated carbocycles. The molecule has 0 spiro atoms. The van der Waals surface area contributed by atoms with Gasteiger partial charge in [-0.05, 0) is 54.1 Å². The predicted octanol–water partition coefficient (Wildman–Crippen LogP) is 5.48. The smallest absolute Gasteiger partial charge is 0.273 e. The number of hydrazone groups is 1. The number of carbonyl (C=O) groups is 1. The standard InChI is InChI=1S/C26H22ClN3O3/c1-32-25-16-19(12-13-24(25)33-18-20-8-2-4-10-22(20)27)17-28-29-26(31)21-9-3-5-11-23(21)30-14-6-7-15-30/h2-17H,18H2,1H3,(H,29,31)/b28-17+. The van der Waals surface area contributed by atoms with Crippen LogP contribution in [0.5, 0.6) is 11.5 Å². The first-order valence-electron chi connectivity index (χ1n) is 10.3. The Labute approximate surface area is 197 Å². The van der Waals surface area contributed by atoms with E-state index in [0.717, 1.165) is 16.8 Å². The molecule has 0 aliphatic carbocycles. The van der Waals surface area contributed by atoms with Crippen LogP contribution in [0.15, 0.2) is 96.4 Å². The number of hydrogen-bond donors (Lipinski definition) is 1. The molecular formula is C26H22ClN3O3. The van der Waals surface area contributed by atoms with Crippen LogP contribution in [0, 0.1) is 0 Å². The molecule has 0 unspecified atom stereocenters. The second-order valence-electron chi connectivity index (χ2n) is 7.10. The van der Waals surface area contributed by atoms with Gasteiger partial charge in [-0.1, -0.05) is 41.9 Å². The molecule has 1 amide bonds. The summed E-state index contributed by atoms with van der Waals surface area (Å²) in [6, 6.07) is 24.1. The Hall–Kier alpha value is -4.03. The first-order valence-corrected chi connectivity index (χ1v) is 10.6. The Bertz CT molecular complexity index is 1270. The van der Waals surface area contributed by atoms with Crippen molar-refractivity contribution in [1.29, 1.82) is 0 Å². The zero-order valence-corrected chi connectivity index (χ0v) is 18.7. The van der Waals surface area contributed by atoms with Gasteiger partial charge < -0.3 is 14.0 Å². The van der Waals surface area contributed by atoms with Gasteiger partial charge in [0, 0.05) is 23.0 Å². The molecule has 0 atom stereocenters. The number of amides is 1. The fourth-order valence-electron chi connectivity index (χ4n) is 3.27. The Morgan fingerprint density at radius 2 is 1.76 bits per heavy atom. The predicted molar refractivity (Wildman–Crippen MR) is 130 cm³/mol. The molecule has 0 saturated heterocycles.